The second-order valence-corrected chi connectivity index (χ2v) is 5.26. The third kappa shape index (κ3) is 3.46. The SMILES string of the molecule is CC(C)Cn1ccnc(NCCc2nccn2C)c1=O. The standard InChI is InChI=1S/C14H21N5O/c1-11(2)10-19-9-7-17-13(14(19)20)16-5-4-12-15-6-8-18(12)3/h6-9,11H,4-5,10H2,1-3H3,(H,16,17). The summed E-state index contributed by atoms with van der Waals surface area (Å²) in [5, 5.41) is 3.09. The van der Waals surface area contributed by atoms with Crippen LogP contribution in [-0.2, 0) is 20.0 Å². The van der Waals surface area contributed by atoms with Crippen LogP contribution in [-0.4, -0.2) is 25.6 Å². The van der Waals surface area contributed by atoms with Gasteiger partial charge in [-0.15, -0.1) is 0 Å². The molecule has 0 aliphatic carbocycles. The molecule has 108 valence electrons. The summed E-state index contributed by atoms with van der Waals surface area (Å²) in [6, 6.07) is 0. The van der Waals surface area contributed by atoms with E-state index in [1.54, 1.807) is 23.2 Å². The van der Waals surface area contributed by atoms with Gasteiger partial charge in [0.2, 0.25) is 0 Å². The second kappa shape index (κ2) is 6.36. The molecule has 6 heteroatoms. The Morgan fingerprint density at radius 3 is 2.65 bits per heavy atom. The Hall–Kier alpha value is -2.11. The molecule has 0 atom stereocenters. The van der Waals surface area contributed by atoms with E-state index in [9.17, 15) is 4.79 Å². The Labute approximate surface area is 118 Å². The van der Waals surface area contributed by atoms with E-state index in [0.29, 0.717) is 24.8 Å². The molecule has 0 amide bonds. The van der Waals surface area contributed by atoms with Crippen LogP contribution in [0.1, 0.15) is 19.7 Å². The minimum absolute atomic E-state index is 0.0685. The van der Waals surface area contributed by atoms with Crippen molar-refractivity contribution in [1.82, 2.24) is 19.1 Å². The molecule has 2 aromatic rings. The van der Waals surface area contributed by atoms with Gasteiger partial charge < -0.3 is 14.5 Å². The first-order valence-corrected chi connectivity index (χ1v) is 6.83. The number of nitrogens with zero attached hydrogens (tertiary/aromatic N) is 4. The molecule has 2 aromatic heterocycles. The highest BCUT2D eigenvalue weighted by Crippen LogP contribution is 2.00. The molecule has 0 saturated carbocycles. The second-order valence-electron chi connectivity index (χ2n) is 5.26. The fraction of sp³-hybridized carbons (Fsp3) is 0.500. The molecule has 0 fully saturated rings. The predicted molar refractivity (Wildman–Crippen MR) is 78.7 cm³/mol. The summed E-state index contributed by atoms with van der Waals surface area (Å²) in [6.07, 6.45) is 7.82. The van der Waals surface area contributed by atoms with E-state index in [1.807, 2.05) is 17.8 Å². The van der Waals surface area contributed by atoms with Crippen LogP contribution >= 0.6 is 0 Å². The third-order valence-electron chi connectivity index (χ3n) is 3.04. The summed E-state index contributed by atoms with van der Waals surface area (Å²) >= 11 is 0. The average Bonchev–Trinajstić information content (AvgIpc) is 2.79. The lowest BCUT2D eigenvalue weighted by Crippen LogP contribution is -2.26. The van der Waals surface area contributed by atoms with E-state index < -0.39 is 0 Å². The lowest BCUT2D eigenvalue weighted by molar-refractivity contribution is 0.509. The predicted octanol–water partition coefficient (Wildman–Crippen LogP) is 1.29. The van der Waals surface area contributed by atoms with Crippen molar-refractivity contribution < 1.29 is 0 Å². The molecule has 0 aliphatic rings. The Morgan fingerprint density at radius 2 is 2.00 bits per heavy atom. The molecule has 0 spiro atoms. The van der Waals surface area contributed by atoms with Crippen LogP contribution in [0.2, 0.25) is 0 Å². The van der Waals surface area contributed by atoms with Gasteiger partial charge in [0.1, 0.15) is 5.82 Å². The number of aromatic nitrogens is 4. The molecule has 0 aromatic carbocycles. The molecule has 0 radical (unpaired) electrons. The van der Waals surface area contributed by atoms with Gasteiger partial charge in [0.15, 0.2) is 5.82 Å². The van der Waals surface area contributed by atoms with Gasteiger partial charge in [-0.2, -0.15) is 0 Å². The Bertz CT molecular complexity index is 614. The van der Waals surface area contributed by atoms with Gasteiger partial charge in [-0.05, 0) is 5.92 Å². The van der Waals surface area contributed by atoms with Crippen LogP contribution in [0.4, 0.5) is 5.82 Å². The number of nitrogens with one attached hydrogen (secondary N) is 1. The van der Waals surface area contributed by atoms with Crippen molar-refractivity contribution in [2.24, 2.45) is 13.0 Å². The summed E-state index contributed by atoms with van der Waals surface area (Å²) in [5.41, 5.74) is -0.0685. The topological polar surface area (TPSA) is 64.7 Å². The van der Waals surface area contributed by atoms with Crippen molar-refractivity contribution in [1.29, 1.82) is 0 Å². The van der Waals surface area contributed by atoms with Gasteiger partial charge in [0.05, 0.1) is 0 Å². The molecule has 6 nitrogen and oxygen atoms in total. The summed E-state index contributed by atoms with van der Waals surface area (Å²) in [4.78, 5) is 20.5. The first-order chi connectivity index (χ1) is 9.58. The molecular weight excluding hydrogens is 254 g/mol. The Kier molecular flexibility index (Phi) is 4.55. The maximum Gasteiger partial charge on any atom is 0.293 e. The highest BCUT2D eigenvalue weighted by molar-refractivity contribution is 5.30. The van der Waals surface area contributed by atoms with E-state index in [1.165, 1.54) is 0 Å². The summed E-state index contributed by atoms with van der Waals surface area (Å²) in [5.74, 6) is 1.81. The first-order valence-electron chi connectivity index (χ1n) is 6.83. The number of hydrogen-bond donors (Lipinski definition) is 1. The van der Waals surface area contributed by atoms with Gasteiger partial charge in [-0.25, -0.2) is 9.97 Å². The van der Waals surface area contributed by atoms with Gasteiger partial charge >= 0.3 is 0 Å². The van der Waals surface area contributed by atoms with Gasteiger partial charge in [0, 0.05) is 51.3 Å². The lowest BCUT2D eigenvalue weighted by atomic mass is 10.2. The number of imidazole rings is 1. The highest BCUT2D eigenvalue weighted by atomic mass is 16.1. The van der Waals surface area contributed by atoms with Gasteiger partial charge in [0.25, 0.3) is 5.56 Å². The number of aryl methyl sites for hydroxylation is 1. The maximum absolute atomic E-state index is 12.2. The van der Waals surface area contributed by atoms with E-state index in [4.69, 9.17) is 0 Å². The largest absolute Gasteiger partial charge is 0.365 e. The fourth-order valence-electron chi connectivity index (χ4n) is 2.04. The van der Waals surface area contributed by atoms with Crippen LogP contribution in [0.3, 0.4) is 0 Å². The fourth-order valence-corrected chi connectivity index (χ4v) is 2.04. The summed E-state index contributed by atoms with van der Waals surface area (Å²) in [7, 11) is 1.96. The van der Waals surface area contributed by atoms with Crippen LogP contribution < -0.4 is 10.9 Å². The van der Waals surface area contributed by atoms with Crippen molar-refractivity contribution in [2.75, 3.05) is 11.9 Å². The van der Waals surface area contributed by atoms with Crippen molar-refractivity contribution in [2.45, 2.75) is 26.8 Å². The van der Waals surface area contributed by atoms with Gasteiger partial charge in [-0.1, -0.05) is 13.8 Å². The number of rotatable bonds is 6. The van der Waals surface area contributed by atoms with E-state index >= 15 is 0 Å². The van der Waals surface area contributed by atoms with Crippen molar-refractivity contribution in [3.63, 3.8) is 0 Å². The highest BCUT2D eigenvalue weighted by Gasteiger charge is 2.06. The van der Waals surface area contributed by atoms with Gasteiger partial charge in [-0.3, -0.25) is 4.79 Å². The molecule has 20 heavy (non-hydrogen) atoms. The molecule has 2 heterocycles. The monoisotopic (exact) mass is 275 g/mol. The third-order valence-corrected chi connectivity index (χ3v) is 3.04. The van der Waals surface area contributed by atoms with Crippen LogP contribution in [0.15, 0.2) is 29.6 Å². The number of hydrogen-bond acceptors (Lipinski definition) is 4. The lowest BCUT2D eigenvalue weighted by Gasteiger charge is -2.10. The Morgan fingerprint density at radius 1 is 1.25 bits per heavy atom. The summed E-state index contributed by atoms with van der Waals surface area (Å²) < 4.78 is 3.66. The molecule has 0 bridgehead atoms. The van der Waals surface area contributed by atoms with E-state index in [-0.39, 0.29) is 5.56 Å². The zero-order valence-electron chi connectivity index (χ0n) is 12.2. The van der Waals surface area contributed by atoms with Crippen molar-refractivity contribution in [3.05, 3.63) is 41.0 Å². The van der Waals surface area contributed by atoms with Crippen LogP contribution in [0.25, 0.3) is 0 Å². The molecule has 1 N–H and O–H groups in total. The number of anilines is 1. The molecule has 0 aliphatic heterocycles. The summed E-state index contributed by atoms with van der Waals surface area (Å²) in [6.45, 7) is 5.51. The molecule has 2 rings (SSSR count). The molecule has 0 unspecified atom stereocenters. The van der Waals surface area contributed by atoms with Crippen LogP contribution in [0.5, 0.6) is 0 Å². The first kappa shape index (κ1) is 14.3. The van der Waals surface area contributed by atoms with E-state index in [0.717, 1.165) is 12.2 Å². The van der Waals surface area contributed by atoms with Crippen molar-refractivity contribution in [3.8, 4) is 0 Å². The molecule has 0 saturated heterocycles. The quantitative estimate of drug-likeness (QED) is 0.862. The smallest absolute Gasteiger partial charge is 0.293 e. The maximum atomic E-state index is 12.2. The zero-order valence-corrected chi connectivity index (χ0v) is 12.2. The Balaban J connectivity index is 1.99. The van der Waals surface area contributed by atoms with Crippen molar-refractivity contribution >= 4 is 5.82 Å². The minimum Gasteiger partial charge on any atom is -0.365 e. The average molecular weight is 275 g/mol. The normalized spacial score (nSPS) is 11.0. The van der Waals surface area contributed by atoms with E-state index in [2.05, 4.69) is 29.1 Å². The zero-order chi connectivity index (χ0) is 14.5. The van der Waals surface area contributed by atoms with Crippen LogP contribution in [0, 0.1) is 5.92 Å². The molecular formula is C14H21N5O. The minimum atomic E-state index is -0.0685.